The van der Waals surface area contributed by atoms with E-state index in [0.717, 1.165) is 27.7 Å². The summed E-state index contributed by atoms with van der Waals surface area (Å²) >= 11 is 7.09. The predicted molar refractivity (Wildman–Crippen MR) is 90.2 cm³/mol. The Bertz CT molecular complexity index is 592. The fourth-order valence-corrected chi connectivity index (χ4v) is 3.23. The molecule has 0 saturated heterocycles. The third-order valence-electron chi connectivity index (χ3n) is 3.41. The summed E-state index contributed by atoms with van der Waals surface area (Å²) in [6.07, 6.45) is 2.82. The highest BCUT2D eigenvalue weighted by Gasteiger charge is 2.20. The lowest BCUT2D eigenvalue weighted by Gasteiger charge is -2.21. The van der Waals surface area contributed by atoms with E-state index in [-0.39, 0.29) is 6.04 Å². The molecule has 2 rings (SSSR count). The van der Waals surface area contributed by atoms with Gasteiger partial charge in [0, 0.05) is 10.0 Å². The monoisotopic (exact) mass is 399 g/mol. The molecule has 2 aromatic rings. The van der Waals surface area contributed by atoms with Crippen molar-refractivity contribution in [2.75, 3.05) is 6.54 Å². The van der Waals surface area contributed by atoms with Crippen LogP contribution in [0, 0.1) is 13.8 Å². The van der Waals surface area contributed by atoms with E-state index < -0.39 is 0 Å². The van der Waals surface area contributed by atoms with Gasteiger partial charge in [-0.3, -0.25) is 0 Å². The van der Waals surface area contributed by atoms with Crippen molar-refractivity contribution >= 4 is 31.9 Å². The molecular formula is C16H19Br2NO. The van der Waals surface area contributed by atoms with Crippen LogP contribution in [-0.4, -0.2) is 6.54 Å². The van der Waals surface area contributed by atoms with E-state index in [1.807, 2.05) is 6.07 Å². The van der Waals surface area contributed by atoms with Crippen molar-refractivity contribution < 1.29 is 4.42 Å². The molecule has 0 radical (unpaired) electrons. The minimum atomic E-state index is 0.148. The van der Waals surface area contributed by atoms with Crippen molar-refractivity contribution in [3.05, 3.63) is 55.9 Å². The summed E-state index contributed by atoms with van der Waals surface area (Å²) in [6.45, 7) is 7.41. The molecule has 0 amide bonds. The Morgan fingerprint density at radius 1 is 1.15 bits per heavy atom. The van der Waals surface area contributed by atoms with Crippen LogP contribution in [0.25, 0.3) is 0 Å². The summed E-state index contributed by atoms with van der Waals surface area (Å²) in [4.78, 5) is 0. The first-order valence-electron chi connectivity index (χ1n) is 6.77. The normalized spacial score (nSPS) is 12.7. The quantitative estimate of drug-likeness (QED) is 0.715. The van der Waals surface area contributed by atoms with Crippen molar-refractivity contribution in [1.29, 1.82) is 0 Å². The lowest BCUT2D eigenvalue weighted by molar-refractivity contribution is 0.523. The number of furan rings is 1. The zero-order valence-corrected chi connectivity index (χ0v) is 15.1. The van der Waals surface area contributed by atoms with E-state index >= 15 is 0 Å². The van der Waals surface area contributed by atoms with Crippen LogP contribution in [0.15, 0.2) is 38.0 Å². The molecule has 108 valence electrons. The van der Waals surface area contributed by atoms with Gasteiger partial charge in [-0.2, -0.15) is 0 Å². The molecule has 0 aliphatic heterocycles. The van der Waals surface area contributed by atoms with Crippen molar-refractivity contribution in [3.8, 4) is 0 Å². The smallest absolute Gasteiger partial charge is 0.174 e. The number of halogens is 2. The summed E-state index contributed by atoms with van der Waals surface area (Å²) in [5.41, 5.74) is 4.95. The van der Waals surface area contributed by atoms with Gasteiger partial charge in [0.05, 0.1) is 12.3 Å². The summed E-state index contributed by atoms with van der Waals surface area (Å²) in [5, 5.41) is 3.61. The Morgan fingerprint density at radius 3 is 2.50 bits per heavy atom. The number of benzene rings is 1. The van der Waals surface area contributed by atoms with Gasteiger partial charge in [-0.25, -0.2) is 0 Å². The van der Waals surface area contributed by atoms with Crippen molar-refractivity contribution in [2.24, 2.45) is 0 Å². The van der Waals surface area contributed by atoms with Crippen molar-refractivity contribution in [2.45, 2.75) is 33.2 Å². The number of hydrogen-bond acceptors (Lipinski definition) is 2. The lowest BCUT2D eigenvalue weighted by atomic mass is 9.95. The second-order valence-corrected chi connectivity index (χ2v) is 6.57. The Hall–Kier alpha value is -0.580. The van der Waals surface area contributed by atoms with E-state index in [2.05, 4.69) is 70.1 Å². The second kappa shape index (κ2) is 6.92. The van der Waals surface area contributed by atoms with Crippen LogP contribution in [0.2, 0.25) is 0 Å². The standard InChI is InChI=1S/C16H19Br2NO/c1-4-6-19-15(12-5-7-20-16(12)18)13-8-11(3)14(17)9-10(13)2/h5,7-9,15,19H,4,6H2,1-3H3. The van der Waals surface area contributed by atoms with Crippen LogP contribution in [0.1, 0.15) is 41.6 Å². The van der Waals surface area contributed by atoms with Gasteiger partial charge in [-0.1, -0.05) is 28.9 Å². The van der Waals surface area contributed by atoms with E-state index in [4.69, 9.17) is 4.42 Å². The molecule has 0 aliphatic rings. The minimum Gasteiger partial charge on any atom is -0.457 e. The van der Waals surface area contributed by atoms with Crippen LogP contribution < -0.4 is 5.32 Å². The molecule has 1 unspecified atom stereocenters. The number of hydrogen-bond donors (Lipinski definition) is 1. The van der Waals surface area contributed by atoms with Crippen molar-refractivity contribution in [3.63, 3.8) is 0 Å². The highest BCUT2D eigenvalue weighted by Crippen LogP contribution is 2.33. The highest BCUT2D eigenvalue weighted by molar-refractivity contribution is 9.10. The molecule has 1 aromatic carbocycles. The third-order valence-corrected chi connectivity index (χ3v) is 4.91. The van der Waals surface area contributed by atoms with Gasteiger partial charge in [0.25, 0.3) is 0 Å². The molecule has 1 atom stereocenters. The van der Waals surface area contributed by atoms with Crippen LogP contribution in [0.4, 0.5) is 0 Å². The molecule has 0 fully saturated rings. The van der Waals surface area contributed by atoms with E-state index in [0.29, 0.717) is 0 Å². The summed E-state index contributed by atoms with van der Waals surface area (Å²) in [6, 6.07) is 6.59. The Balaban J connectivity index is 2.46. The number of rotatable bonds is 5. The maximum Gasteiger partial charge on any atom is 0.174 e. The Kier molecular flexibility index (Phi) is 5.47. The summed E-state index contributed by atoms with van der Waals surface area (Å²) < 4.78 is 7.36. The average Bonchev–Trinajstić information content (AvgIpc) is 2.82. The first-order valence-corrected chi connectivity index (χ1v) is 8.36. The minimum absolute atomic E-state index is 0.148. The summed E-state index contributed by atoms with van der Waals surface area (Å²) in [7, 11) is 0. The lowest BCUT2D eigenvalue weighted by Crippen LogP contribution is -2.24. The highest BCUT2D eigenvalue weighted by atomic mass is 79.9. The predicted octanol–water partition coefficient (Wildman–Crippen LogP) is 5.51. The molecule has 4 heteroatoms. The van der Waals surface area contributed by atoms with E-state index in [9.17, 15) is 0 Å². The molecular weight excluding hydrogens is 382 g/mol. The molecule has 0 spiro atoms. The molecule has 1 aromatic heterocycles. The fourth-order valence-electron chi connectivity index (χ4n) is 2.30. The molecule has 1 N–H and O–H groups in total. The van der Waals surface area contributed by atoms with Gasteiger partial charge < -0.3 is 9.73 Å². The van der Waals surface area contributed by atoms with Gasteiger partial charge in [0.15, 0.2) is 4.67 Å². The number of nitrogens with one attached hydrogen (secondary N) is 1. The largest absolute Gasteiger partial charge is 0.457 e. The fraction of sp³-hybridized carbons (Fsp3) is 0.375. The Morgan fingerprint density at radius 2 is 1.90 bits per heavy atom. The molecule has 1 heterocycles. The molecule has 0 bridgehead atoms. The molecule has 2 nitrogen and oxygen atoms in total. The zero-order valence-electron chi connectivity index (χ0n) is 12.0. The van der Waals surface area contributed by atoms with Gasteiger partial charge in [-0.05, 0) is 71.6 Å². The molecule has 0 aliphatic carbocycles. The Labute approximate surface area is 137 Å². The average molecular weight is 401 g/mol. The SMILES string of the molecule is CCCNC(c1cc(C)c(Br)cc1C)c1ccoc1Br. The first kappa shape index (κ1) is 15.8. The topological polar surface area (TPSA) is 25.2 Å². The zero-order chi connectivity index (χ0) is 14.7. The van der Waals surface area contributed by atoms with Crippen molar-refractivity contribution in [1.82, 2.24) is 5.32 Å². The van der Waals surface area contributed by atoms with Gasteiger partial charge >= 0.3 is 0 Å². The van der Waals surface area contributed by atoms with Crippen LogP contribution in [0.3, 0.4) is 0 Å². The maximum absolute atomic E-state index is 5.41. The molecule has 20 heavy (non-hydrogen) atoms. The second-order valence-electron chi connectivity index (χ2n) is 4.99. The number of aryl methyl sites for hydroxylation is 2. The molecule has 0 saturated carbocycles. The van der Waals surface area contributed by atoms with Crippen LogP contribution in [-0.2, 0) is 0 Å². The van der Waals surface area contributed by atoms with Gasteiger partial charge in [-0.15, -0.1) is 0 Å². The van der Waals surface area contributed by atoms with E-state index in [1.54, 1.807) is 6.26 Å². The first-order chi connectivity index (χ1) is 9.54. The maximum atomic E-state index is 5.41. The van der Waals surface area contributed by atoms with E-state index in [1.165, 1.54) is 16.7 Å². The third kappa shape index (κ3) is 3.35. The van der Waals surface area contributed by atoms with Crippen LogP contribution >= 0.6 is 31.9 Å². The van der Waals surface area contributed by atoms with Gasteiger partial charge in [0.2, 0.25) is 0 Å². The van der Waals surface area contributed by atoms with Gasteiger partial charge in [0.1, 0.15) is 0 Å². The van der Waals surface area contributed by atoms with Crippen LogP contribution in [0.5, 0.6) is 0 Å². The summed E-state index contributed by atoms with van der Waals surface area (Å²) in [5.74, 6) is 0.